The number of hydrogen-bond acceptors (Lipinski definition) is 9. The number of benzene rings is 4. The van der Waals surface area contributed by atoms with Crippen molar-refractivity contribution in [2.24, 2.45) is 11.8 Å². The lowest BCUT2D eigenvalue weighted by Crippen LogP contribution is -2.17. The van der Waals surface area contributed by atoms with Crippen molar-refractivity contribution in [1.82, 2.24) is 0 Å². The Morgan fingerprint density at radius 2 is 1.00 bits per heavy atom. The van der Waals surface area contributed by atoms with Crippen molar-refractivity contribution in [3.8, 4) is 12.1 Å². The van der Waals surface area contributed by atoms with E-state index < -0.39 is 11.9 Å². The van der Waals surface area contributed by atoms with Gasteiger partial charge in [-0.05, 0) is 100 Å². The number of carbonyl (C=O) groups is 5. The maximum atomic E-state index is 12.7. The van der Waals surface area contributed by atoms with Crippen LogP contribution in [0.3, 0.4) is 0 Å². The van der Waals surface area contributed by atoms with Crippen LogP contribution in [0.15, 0.2) is 103 Å². The summed E-state index contributed by atoms with van der Waals surface area (Å²) in [7, 11) is 0. The maximum absolute atomic E-state index is 12.7. The van der Waals surface area contributed by atoms with E-state index in [1.165, 1.54) is 31.1 Å². The number of allylic oxidation sites excluding steroid dienone is 5. The summed E-state index contributed by atoms with van der Waals surface area (Å²) < 4.78 is 10.5. The van der Waals surface area contributed by atoms with Crippen LogP contribution in [0.5, 0.6) is 0 Å². The first-order valence-corrected chi connectivity index (χ1v) is 20.5. The van der Waals surface area contributed by atoms with Crippen molar-refractivity contribution in [2.45, 2.75) is 85.5 Å². The topological polar surface area (TPSA) is 151 Å². The first kappa shape index (κ1) is 45.3. The fraction of sp³-hybridized carbons (Fsp3) is 0.340. The quantitative estimate of drug-likeness (QED) is 0.0690. The van der Waals surface area contributed by atoms with E-state index in [4.69, 9.17) is 14.7 Å². The second-order valence-electron chi connectivity index (χ2n) is 14.6. The van der Waals surface area contributed by atoms with E-state index in [0.717, 1.165) is 60.1 Å². The molecule has 0 aliphatic heterocycles. The van der Waals surface area contributed by atoms with Gasteiger partial charge < -0.3 is 9.47 Å². The number of nitriles is 2. The van der Waals surface area contributed by atoms with Gasteiger partial charge in [-0.1, -0.05) is 115 Å². The molecule has 0 bridgehead atoms. The Morgan fingerprint density at radius 1 is 0.593 bits per heavy atom. The zero-order valence-electron chi connectivity index (χ0n) is 34.4. The van der Waals surface area contributed by atoms with Crippen LogP contribution in [0.25, 0.3) is 27.1 Å². The lowest BCUT2D eigenvalue weighted by molar-refractivity contribution is -0.144. The van der Waals surface area contributed by atoms with Crippen LogP contribution in [0.2, 0.25) is 0 Å². The fourth-order valence-corrected chi connectivity index (χ4v) is 6.81. The van der Waals surface area contributed by atoms with Crippen molar-refractivity contribution in [3.63, 3.8) is 0 Å². The molecule has 0 aromatic heterocycles. The molecule has 0 N–H and O–H groups in total. The summed E-state index contributed by atoms with van der Waals surface area (Å²) in [5, 5.41) is 21.8. The molecule has 0 saturated heterocycles. The number of unbranched alkanes of at least 4 members (excludes halogenated alkanes) is 2. The molecule has 4 aromatic carbocycles. The molecule has 9 heteroatoms. The normalized spacial score (nSPS) is 14.3. The number of esters is 2. The van der Waals surface area contributed by atoms with Gasteiger partial charge in [-0.3, -0.25) is 19.2 Å². The van der Waals surface area contributed by atoms with E-state index in [1.54, 1.807) is 24.3 Å². The third kappa shape index (κ3) is 12.5. The van der Waals surface area contributed by atoms with Crippen LogP contribution >= 0.6 is 0 Å². The molecule has 304 valence electrons. The van der Waals surface area contributed by atoms with Crippen LogP contribution < -0.4 is 0 Å². The lowest BCUT2D eigenvalue weighted by atomic mass is 9.87. The van der Waals surface area contributed by atoms with Gasteiger partial charge in [0.25, 0.3) is 0 Å². The Hall–Kier alpha value is -6.45. The Bertz CT molecular complexity index is 2300. The monoisotopic (exact) mass is 792 g/mol. The van der Waals surface area contributed by atoms with Crippen molar-refractivity contribution < 1.29 is 33.4 Å². The predicted octanol–water partition coefficient (Wildman–Crippen LogP) is 11.1. The summed E-state index contributed by atoms with van der Waals surface area (Å²) >= 11 is 0. The Kier molecular flexibility index (Phi) is 17.7. The minimum absolute atomic E-state index is 0.0596. The van der Waals surface area contributed by atoms with E-state index in [9.17, 15) is 29.2 Å². The van der Waals surface area contributed by atoms with Crippen molar-refractivity contribution in [2.75, 3.05) is 13.2 Å². The molecule has 59 heavy (non-hydrogen) atoms. The third-order valence-electron chi connectivity index (χ3n) is 10.5. The minimum atomic E-state index is -0.629. The molecular weight excluding hydrogens is 741 g/mol. The van der Waals surface area contributed by atoms with Crippen LogP contribution in [-0.4, -0.2) is 42.5 Å². The molecule has 2 unspecified atom stereocenters. The number of carbonyl (C=O) groups excluding carboxylic acids is 5. The van der Waals surface area contributed by atoms with Gasteiger partial charge in [-0.15, -0.1) is 0 Å². The van der Waals surface area contributed by atoms with Crippen molar-refractivity contribution in [1.29, 1.82) is 10.5 Å². The zero-order valence-corrected chi connectivity index (χ0v) is 34.4. The second-order valence-corrected chi connectivity index (χ2v) is 14.6. The number of ether oxygens (including phenoxy) is 2. The summed E-state index contributed by atoms with van der Waals surface area (Å²) in [6.07, 6.45) is 14.1. The lowest BCUT2D eigenvalue weighted by Gasteiger charge is -2.17. The van der Waals surface area contributed by atoms with Crippen LogP contribution in [0.1, 0.15) is 122 Å². The van der Waals surface area contributed by atoms with Crippen LogP contribution in [-0.2, 0) is 19.1 Å². The number of ketones is 3. The minimum Gasteiger partial charge on any atom is -0.465 e. The number of fused-ring (bicyclic) bond motifs is 4. The molecule has 2 aliphatic carbocycles. The van der Waals surface area contributed by atoms with Gasteiger partial charge in [0.05, 0.1) is 19.3 Å². The second kappa shape index (κ2) is 23.1. The first-order valence-electron chi connectivity index (χ1n) is 20.5. The van der Waals surface area contributed by atoms with E-state index in [0.29, 0.717) is 52.9 Å². The Labute approximate surface area is 347 Å². The molecule has 2 atom stereocenters. The Morgan fingerprint density at radius 3 is 1.41 bits per heavy atom. The molecule has 2 aliphatic rings. The number of rotatable bonds is 14. The van der Waals surface area contributed by atoms with Crippen molar-refractivity contribution in [3.05, 3.63) is 125 Å². The molecular formula is C50H52N2O7. The Balaban J connectivity index is 0.000000216. The number of hydrogen-bond donors (Lipinski definition) is 0. The van der Waals surface area contributed by atoms with Gasteiger partial charge in [-0.25, -0.2) is 4.79 Å². The SMILES string of the molecule is CCCCC(CC)COC(=O)/C(C#N)=C1\C=CC(=O)c2cc3ccccc3cc21.CCCCC(CC)COC(=O)CC#N.O=C1C=CC(=O)c2cc3ccccc3cc21. The van der Waals surface area contributed by atoms with Gasteiger partial charge in [0, 0.05) is 22.3 Å². The average molecular weight is 793 g/mol. The number of nitrogens with zero attached hydrogens (tertiary/aromatic N) is 2. The largest absolute Gasteiger partial charge is 0.465 e. The van der Waals surface area contributed by atoms with E-state index in [-0.39, 0.29) is 29.3 Å². The van der Waals surface area contributed by atoms with E-state index in [2.05, 4.69) is 27.7 Å². The fourth-order valence-electron chi connectivity index (χ4n) is 6.81. The molecule has 4 aromatic rings. The predicted molar refractivity (Wildman–Crippen MR) is 230 cm³/mol. The van der Waals surface area contributed by atoms with E-state index >= 15 is 0 Å². The standard InChI is InChI=1S/C25H25NO3.C14H8O2.C11H19NO2/c1-3-5-8-17(4-2)16-29-25(28)23(15-26)20-11-12-24(27)22-14-19-10-7-6-9-18(19)13-21(20)22;15-13-5-6-14(16)12-8-10-4-2-1-3-9(10)7-11(12)13;1-3-5-6-10(4-2)9-14-11(13)7-8-12/h6-7,9-14,17H,3-5,8,16H2,1-2H3;1-8H;10H,3-7,9H2,1-2H3/b23-20+;;. The zero-order chi connectivity index (χ0) is 42.7. The average Bonchev–Trinajstić information content (AvgIpc) is 3.25. The maximum Gasteiger partial charge on any atom is 0.349 e. The third-order valence-corrected chi connectivity index (χ3v) is 10.5. The molecule has 6 rings (SSSR count). The van der Waals surface area contributed by atoms with Gasteiger partial charge in [-0.2, -0.15) is 10.5 Å². The molecule has 0 saturated carbocycles. The molecule has 0 fully saturated rings. The summed E-state index contributed by atoms with van der Waals surface area (Å²) in [6, 6.07) is 26.4. The smallest absolute Gasteiger partial charge is 0.349 e. The van der Waals surface area contributed by atoms with Crippen molar-refractivity contribution >= 4 is 56.4 Å². The van der Waals surface area contributed by atoms with Gasteiger partial charge in [0.1, 0.15) is 18.1 Å². The molecule has 9 nitrogen and oxygen atoms in total. The summed E-state index contributed by atoms with van der Waals surface area (Å²) in [6.45, 7) is 9.23. The molecule has 0 heterocycles. The van der Waals surface area contributed by atoms with E-state index in [1.807, 2.05) is 66.7 Å². The van der Waals surface area contributed by atoms with Crippen LogP contribution in [0, 0.1) is 34.5 Å². The highest BCUT2D eigenvalue weighted by molar-refractivity contribution is 6.23. The van der Waals surface area contributed by atoms with Crippen LogP contribution in [0.4, 0.5) is 0 Å². The van der Waals surface area contributed by atoms with Gasteiger partial charge in [0.15, 0.2) is 17.3 Å². The highest BCUT2D eigenvalue weighted by Gasteiger charge is 2.25. The molecule has 0 radical (unpaired) electrons. The summed E-state index contributed by atoms with van der Waals surface area (Å²) in [5.74, 6) is -0.606. The summed E-state index contributed by atoms with van der Waals surface area (Å²) in [4.78, 5) is 59.3. The summed E-state index contributed by atoms with van der Waals surface area (Å²) in [5.41, 5.74) is 2.49. The highest BCUT2D eigenvalue weighted by atomic mass is 16.5. The molecule has 0 amide bonds. The highest BCUT2D eigenvalue weighted by Crippen LogP contribution is 2.33. The first-order chi connectivity index (χ1) is 28.6. The van der Waals surface area contributed by atoms with Gasteiger partial charge in [0.2, 0.25) is 0 Å². The van der Waals surface area contributed by atoms with Gasteiger partial charge >= 0.3 is 11.9 Å². The molecule has 0 spiro atoms.